The molecule has 0 spiro atoms. The van der Waals surface area contributed by atoms with Crippen molar-refractivity contribution < 1.29 is 19.1 Å². The molecule has 1 heterocycles. The first-order chi connectivity index (χ1) is 14.7. The van der Waals surface area contributed by atoms with Crippen molar-refractivity contribution in [3.63, 3.8) is 0 Å². The summed E-state index contributed by atoms with van der Waals surface area (Å²) in [5, 5.41) is 5.57. The third kappa shape index (κ3) is 4.35. The van der Waals surface area contributed by atoms with Crippen LogP contribution in [0, 0.1) is 0 Å². The first-order valence-electron chi connectivity index (χ1n) is 10.4. The van der Waals surface area contributed by atoms with Gasteiger partial charge in [-0.1, -0.05) is 18.2 Å². The molecule has 7 nitrogen and oxygen atoms in total. The topological polar surface area (TPSA) is 79.9 Å². The van der Waals surface area contributed by atoms with Gasteiger partial charge >= 0.3 is 6.03 Å². The Morgan fingerprint density at radius 3 is 2.60 bits per heavy atom. The highest BCUT2D eigenvalue weighted by atomic mass is 16.5. The van der Waals surface area contributed by atoms with Gasteiger partial charge in [-0.2, -0.15) is 0 Å². The SMILES string of the molecule is COc1ccc([C@@H]2CNC(=O)N2Cc2ccc(NC=O)cc2)cc1OC1CCCC1. The summed E-state index contributed by atoms with van der Waals surface area (Å²) in [4.78, 5) is 24.9. The van der Waals surface area contributed by atoms with Gasteiger partial charge in [-0.15, -0.1) is 0 Å². The Balaban J connectivity index is 1.53. The van der Waals surface area contributed by atoms with Crippen LogP contribution in [0.5, 0.6) is 11.5 Å². The molecular formula is C23H27N3O4. The Hall–Kier alpha value is -3.22. The van der Waals surface area contributed by atoms with Gasteiger partial charge in [0.05, 0.1) is 19.3 Å². The van der Waals surface area contributed by atoms with E-state index in [1.807, 2.05) is 47.4 Å². The van der Waals surface area contributed by atoms with E-state index in [0.717, 1.165) is 35.4 Å². The highest BCUT2D eigenvalue weighted by Crippen LogP contribution is 2.36. The molecule has 0 unspecified atom stereocenters. The highest BCUT2D eigenvalue weighted by molar-refractivity contribution is 5.77. The van der Waals surface area contributed by atoms with Gasteiger partial charge in [-0.05, 0) is 61.1 Å². The van der Waals surface area contributed by atoms with Crippen molar-refractivity contribution in [3.8, 4) is 11.5 Å². The van der Waals surface area contributed by atoms with Crippen molar-refractivity contribution in [2.24, 2.45) is 0 Å². The summed E-state index contributed by atoms with van der Waals surface area (Å²) < 4.78 is 11.7. The quantitative estimate of drug-likeness (QED) is 0.649. The monoisotopic (exact) mass is 409 g/mol. The highest BCUT2D eigenvalue weighted by Gasteiger charge is 2.32. The minimum absolute atomic E-state index is 0.0934. The number of methoxy groups -OCH3 is 1. The third-order valence-electron chi connectivity index (χ3n) is 5.78. The molecule has 3 amide bonds. The number of nitrogens with zero attached hydrogens (tertiary/aromatic N) is 1. The zero-order valence-corrected chi connectivity index (χ0v) is 17.1. The van der Waals surface area contributed by atoms with Gasteiger partial charge in [0.25, 0.3) is 0 Å². The van der Waals surface area contributed by atoms with Crippen LogP contribution in [0.25, 0.3) is 0 Å². The molecule has 2 aliphatic rings. The van der Waals surface area contributed by atoms with Crippen molar-refractivity contribution in [1.82, 2.24) is 10.2 Å². The number of anilines is 1. The van der Waals surface area contributed by atoms with Crippen LogP contribution in [0.2, 0.25) is 0 Å². The number of hydrogen-bond donors (Lipinski definition) is 2. The predicted molar refractivity (Wildman–Crippen MR) is 114 cm³/mol. The number of hydrogen-bond acceptors (Lipinski definition) is 4. The van der Waals surface area contributed by atoms with E-state index in [9.17, 15) is 9.59 Å². The number of benzene rings is 2. The van der Waals surface area contributed by atoms with Gasteiger partial charge < -0.3 is 25.0 Å². The van der Waals surface area contributed by atoms with Crippen LogP contribution in [0.4, 0.5) is 10.5 Å². The second-order valence-electron chi connectivity index (χ2n) is 7.72. The molecule has 0 aromatic heterocycles. The lowest BCUT2D eigenvalue weighted by Gasteiger charge is -2.25. The first kappa shape index (κ1) is 20.1. The molecule has 1 aliphatic heterocycles. The van der Waals surface area contributed by atoms with E-state index in [-0.39, 0.29) is 18.2 Å². The van der Waals surface area contributed by atoms with E-state index < -0.39 is 0 Å². The molecule has 4 rings (SSSR count). The lowest BCUT2D eigenvalue weighted by Crippen LogP contribution is -2.29. The maximum atomic E-state index is 12.5. The van der Waals surface area contributed by atoms with Crippen LogP contribution in [0.3, 0.4) is 0 Å². The normalized spacial score (nSPS) is 18.9. The minimum Gasteiger partial charge on any atom is -0.493 e. The minimum atomic E-state index is -0.0953. The number of urea groups is 1. The van der Waals surface area contributed by atoms with Crippen molar-refractivity contribution in [1.29, 1.82) is 0 Å². The molecule has 2 fully saturated rings. The summed E-state index contributed by atoms with van der Waals surface area (Å²) in [5.74, 6) is 1.46. The van der Waals surface area contributed by atoms with Crippen molar-refractivity contribution in [2.75, 3.05) is 19.0 Å². The molecule has 1 atom stereocenters. The van der Waals surface area contributed by atoms with E-state index in [1.165, 1.54) is 12.8 Å². The maximum Gasteiger partial charge on any atom is 0.318 e. The smallest absolute Gasteiger partial charge is 0.318 e. The summed E-state index contributed by atoms with van der Waals surface area (Å²) in [6.45, 7) is 1.02. The number of nitrogens with one attached hydrogen (secondary N) is 2. The summed E-state index contributed by atoms with van der Waals surface area (Å²) in [6.07, 6.45) is 5.40. The Morgan fingerprint density at radius 1 is 1.13 bits per heavy atom. The number of carbonyl (C=O) groups excluding carboxylic acids is 2. The zero-order chi connectivity index (χ0) is 20.9. The first-order valence-corrected chi connectivity index (χ1v) is 10.4. The molecule has 30 heavy (non-hydrogen) atoms. The van der Waals surface area contributed by atoms with Crippen molar-refractivity contribution in [2.45, 2.75) is 44.4 Å². The number of carbonyl (C=O) groups is 2. The van der Waals surface area contributed by atoms with E-state index in [1.54, 1.807) is 7.11 Å². The molecule has 2 N–H and O–H groups in total. The van der Waals surface area contributed by atoms with Gasteiger partial charge in [0, 0.05) is 18.8 Å². The summed E-state index contributed by atoms with van der Waals surface area (Å²) in [5.41, 5.74) is 2.73. The number of ether oxygens (including phenoxy) is 2. The van der Waals surface area contributed by atoms with Crippen LogP contribution in [-0.4, -0.2) is 37.1 Å². The average molecular weight is 409 g/mol. The van der Waals surface area contributed by atoms with Gasteiger partial charge in [-0.3, -0.25) is 4.79 Å². The molecule has 1 aliphatic carbocycles. The Labute approximate surface area is 176 Å². The van der Waals surface area contributed by atoms with E-state index >= 15 is 0 Å². The van der Waals surface area contributed by atoms with Crippen molar-refractivity contribution in [3.05, 3.63) is 53.6 Å². The average Bonchev–Trinajstić information content (AvgIpc) is 3.40. The lowest BCUT2D eigenvalue weighted by molar-refractivity contribution is -0.105. The fourth-order valence-electron chi connectivity index (χ4n) is 4.17. The van der Waals surface area contributed by atoms with Crippen molar-refractivity contribution >= 4 is 18.1 Å². The predicted octanol–water partition coefficient (Wildman–Crippen LogP) is 3.85. The lowest BCUT2D eigenvalue weighted by atomic mass is 10.0. The van der Waals surface area contributed by atoms with Gasteiger partial charge in [0.2, 0.25) is 6.41 Å². The number of amides is 3. The Kier molecular flexibility index (Phi) is 6.07. The third-order valence-corrected chi connectivity index (χ3v) is 5.78. The van der Waals surface area contributed by atoms with Crippen LogP contribution in [0.15, 0.2) is 42.5 Å². The number of rotatable bonds is 8. The van der Waals surface area contributed by atoms with Crippen LogP contribution >= 0.6 is 0 Å². The van der Waals surface area contributed by atoms with Crippen LogP contribution in [0.1, 0.15) is 42.9 Å². The molecular weight excluding hydrogens is 382 g/mol. The van der Waals surface area contributed by atoms with Crippen LogP contribution in [-0.2, 0) is 11.3 Å². The zero-order valence-electron chi connectivity index (χ0n) is 17.1. The second-order valence-corrected chi connectivity index (χ2v) is 7.72. The molecule has 158 valence electrons. The Morgan fingerprint density at radius 2 is 1.90 bits per heavy atom. The molecule has 7 heteroatoms. The van der Waals surface area contributed by atoms with Crippen LogP contribution < -0.4 is 20.1 Å². The standard InChI is InChI=1S/C23H27N3O4/c1-29-21-11-8-17(12-22(21)30-19-4-2-3-5-19)20-13-24-23(28)26(20)14-16-6-9-18(10-7-16)25-15-27/h6-12,15,19-20H,2-5,13-14H2,1H3,(H,24,28)(H,25,27)/t20-/m0/s1. The van der Waals surface area contributed by atoms with Gasteiger partial charge in [0.15, 0.2) is 11.5 Å². The van der Waals surface area contributed by atoms with E-state index in [2.05, 4.69) is 10.6 Å². The largest absolute Gasteiger partial charge is 0.493 e. The molecule has 0 bridgehead atoms. The fraction of sp³-hybridized carbons (Fsp3) is 0.391. The van der Waals surface area contributed by atoms with E-state index in [4.69, 9.17) is 9.47 Å². The summed E-state index contributed by atoms with van der Waals surface area (Å²) in [6, 6.07) is 13.2. The molecule has 2 aromatic carbocycles. The van der Waals surface area contributed by atoms with Gasteiger partial charge in [0.1, 0.15) is 0 Å². The fourth-order valence-corrected chi connectivity index (χ4v) is 4.17. The molecule has 1 saturated carbocycles. The molecule has 1 saturated heterocycles. The maximum absolute atomic E-state index is 12.5. The van der Waals surface area contributed by atoms with E-state index in [0.29, 0.717) is 25.2 Å². The summed E-state index contributed by atoms with van der Waals surface area (Å²) >= 11 is 0. The summed E-state index contributed by atoms with van der Waals surface area (Å²) in [7, 11) is 1.65. The second kappa shape index (κ2) is 9.07. The molecule has 0 radical (unpaired) electrons. The Bertz CT molecular complexity index is 894. The van der Waals surface area contributed by atoms with Gasteiger partial charge in [-0.25, -0.2) is 4.79 Å². The molecule has 2 aromatic rings.